The lowest BCUT2D eigenvalue weighted by Crippen LogP contribution is -2.55. The van der Waals surface area contributed by atoms with Crippen molar-refractivity contribution in [1.82, 2.24) is 25.8 Å². The Morgan fingerprint density at radius 1 is 0.985 bits per heavy atom. The van der Waals surface area contributed by atoms with Crippen LogP contribution in [0.5, 0.6) is 5.75 Å². The van der Waals surface area contributed by atoms with E-state index in [9.17, 15) is 33.9 Å². The highest BCUT2D eigenvalue weighted by molar-refractivity contribution is 6.22. The van der Waals surface area contributed by atoms with E-state index in [1.165, 1.54) is 20.0 Å². The number of carboxylic acid groups (broad SMARTS) is 1. The average Bonchev–Trinajstić information content (AvgIpc) is 3.64. The Morgan fingerprint density at radius 2 is 1.68 bits per heavy atom. The topological polar surface area (TPSA) is 265 Å². The fourth-order valence-electron chi connectivity index (χ4n) is 7.87. The van der Waals surface area contributed by atoms with E-state index >= 15 is 0 Å². The van der Waals surface area contributed by atoms with Crippen LogP contribution in [0.15, 0.2) is 86.0 Å². The van der Waals surface area contributed by atoms with Crippen molar-refractivity contribution in [2.75, 3.05) is 26.7 Å². The molecule has 2 unspecified atom stereocenters. The zero-order valence-electron chi connectivity index (χ0n) is 39.1. The Bertz CT molecular complexity index is 2630. The number of ether oxygens (including phenoxy) is 1. The molecule has 0 spiro atoms. The molecular formula is C49H62N8O9. The summed E-state index contributed by atoms with van der Waals surface area (Å²) in [6, 6.07) is 10.6. The molecule has 0 aliphatic carbocycles. The van der Waals surface area contributed by atoms with Crippen molar-refractivity contribution in [2.24, 2.45) is 16.5 Å². The standard InChI is InChI=1S/C49H62N8O9/c1-10-11-35(30-13-15-32(16-14-30)49(6,7)8)52-27(4)40(26(2)3)44(59)54-36(18-19-50)46(61)57(9)41-31-24-34(42-37(25-31)56-48(64)66-42)33-22-29(12-17-39(33)65-21-20-51)23-38(47(62)63)55-43(58)28(5)53-45(41)60/h11-17,22,24-25,28,36,38,41H,10,18-21,23,50-51H2,1-9H3,(H,53,60)(H,54,59)(H,55,58)(H,56,64)(H,62,63)/b35-11+,52-27?/t28-,36-,38?,41?/m0/s1. The SMILES string of the molecule is CC/C=C(/N=C(C)C(C(=O)N[C@@H](CCN)C(=O)N(C)C1C(=O)N[C@@H](C)C(=O)NC(C(=O)O)Cc2ccc(OCCN)c(c2)-c2cc1cc1[nH]c(=O)oc21)=C(C)C)c1ccc(C(C)(C)C)cc1. The number of carbonyl (C=O) groups excluding carboxylic acids is 4. The Morgan fingerprint density at radius 3 is 2.29 bits per heavy atom. The second kappa shape index (κ2) is 21.4. The lowest BCUT2D eigenvalue weighted by molar-refractivity contribution is -0.143. The van der Waals surface area contributed by atoms with Gasteiger partial charge in [0, 0.05) is 31.1 Å². The minimum Gasteiger partial charge on any atom is -0.492 e. The molecule has 5 rings (SSSR count). The number of nitrogens with one attached hydrogen (secondary N) is 4. The molecule has 4 atom stereocenters. The number of aromatic nitrogens is 1. The van der Waals surface area contributed by atoms with Gasteiger partial charge in [-0.25, -0.2) is 9.59 Å². The van der Waals surface area contributed by atoms with Gasteiger partial charge >= 0.3 is 11.7 Å². The van der Waals surface area contributed by atoms with E-state index in [4.69, 9.17) is 25.6 Å². The first-order valence-corrected chi connectivity index (χ1v) is 22.0. The number of H-pyrrole nitrogens is 1. The molecule has 4 amide bonds. The first-order valence-electron chi connectivity index (χ1n) is 22.0. The largest absolute Gasteiger partial charge is 0.492 e. The molecule has 0 fully saturated rings. The van der Waals surface area contributed by atoms with Gasteiger partial charge in [0.2, 0.25) is 17.7 Å². The molecule has 9 N–H and O–H groups in total. The summed E-state index contributed by atoms with van der Waals surface area (Å²) in [4.78, 5) is 91.2. The number of fused-ring (bicyclic) bond motifs is 7. The predicted octanol–water partition coefficient (Wildman–Crippen LogP) is 4.63. The summed E-state index contributed by atoms with van der Waals surface area (Å²) in [6.45, 7) is 15.3. The molecule has 1 aliphatic heterocycles. The smallest absolute Gasteiger partial charge is 0.417 e. The number of aliphatic imine (C=N–C) groups is 1. The Hall–Kier alpha value is -6.85. The molecule has 3 aromatic carbocycles. The monoisotopic (exact) mass is 906 g/mol. The number of oxazole rings is 1. The van der Waals surface area contributed by atoms with Crippen LogP contribution in [0.2, 0.25) is 0 Å². The second-order valence-corrected chi connectivity index (χ2v) is 17.6. The van der Waals surface area contributed by atoms with Crippen molar-refractivity contribution >= 4 is 52.1 Å². The number of rotatable bonds is 14. The number of aromatic amines is 1. The molecule has 4 bridgehead atoms. The highest BCUT2D eigenvalue weighted by atomic mass is 16.5. The fraction of sp³-hybridized carbons (Fsp3) is 0.408. The summed E-state index contributed by atoms with van der Waals surface area (Å²) in [7, 11) is 1.37. The van der Waals surface area contributed by atoms with Gasteiger partial charge < -0.3 is 46.6 Å². The maximum Gasteiger partial charge on any atom is 0.417 e. The third kappa shape index (κ3) is 11.7. The third-order valence-corrected chi connectivity index (χ3v) is 11.2. The van der Waals surface area contributed by atoms with Gasteiger partial charge in [0.15, 0.2) is 5.58 Å². The van der Waals surface area contributed by atoms with Crippen molar-refractivity contribution in [3.8, 4) is 16.9 Å². The van der Waals surface area contributed by atoms with Crippen molar-refractivity contribution in [3.05, 3.63) is 105 Å². The number of nitrogens with zero attached hydrogens (tertiary/aromatic N) is 2. The number of benzene rings is 3. The molecule has 17 heteroatoms. The highest BCUT2D eigenvalue weighted by Gasteiger charge is 2.37. The Balaban J connectivity index is 1.59. The van der Waals surface area contributed by atoms with E-state index < -0.39 is 59.5 Å². The molecule has 0 saturated carbocycles. The normalized spacial score (nSPS) is 17.5. The summed E-state index contributed by atoms with van der Waals surface area (Å²) < 4.78 is 11.6. The quantitative estimate of drug-likeness (QED) is 0.0677. The number of carboxylic acids is 1. The first-order chi connectivity index (χ1) is 31.2. The van der Waals surface area contributed by atoms with Gasteiger partial charge in [0.05, 0.1) is 22.5 Å². The second-order valence-electron chi connectivity index (χ2n) is 17.6. The Kier molecular flexibility index (Phi) is 16.3. The van der Waals surface area contributed by atoms with E-state index in [-0.39, 0.29) is 65.8 Å². The van der Waals surface area contributed by atoms with E-state index in [0.29, 0.717) is 40.3 Å². The molecule has 2 heterocycles. The molecular weight excluding hydrogens is 845 g/mol. The number of carbonyl (C=O) groups is 5. The number of hydrogen-bond acceptors (Lipinski definition) is 11. The van der Waals surface area contributed by atoms with Crippen molar-refractivity contribution in [3.63, 3.8) is 0 Å². The van der Waals surface area contributed by atoms with Crippen LogP contribution in [0, 0.1) is 0 Å². The summed E-state index contributed by atoms with van der Waals surface area (Å²) in [5.74, 6) is -4.76. The molecule has 4 aromatic rings. The fourth-order valence-corrected chi connectivity index (χ4v) is 7.87. The van der Waals surface area contributed by atoms with Crippen LogP contribution in [0.25, 0.3) is 27.9 Å². The van der Waals surface area contributed by atoms with Crippen LogP contribution in [0.1, 0.15) is 96.5 Å². The minimum absolute atomic E-state index is 0.0250. The molecule has 1 aromatic heterocycles. The van der Waals surface area contributed by atoms with E-state index in [2.05, 4.69) is 53.8 Å². The number of nitrogens with two attached hydrogens (primary N) is 2. The summed E-state index contributed by atoms with van der Waals surface area (Å²) in [6.07, 6.45) is 2.48. The molecule has 1 aliphatic rings. The lowest BCUT2D eigenvalue weighted by Gasteiger charge is -2.32. The van der Waals surface area contributed by atoms with E-state index in [1.54, 1.807) is 45.0 Å². The number of likely N-dealkylation sites (N-methyl/N-ethyl adjacent to an activating group) is 1. The van der Waals surface area contributed by atoms with Gasteiger partial charge in [-0.2, -0.15) is 0 Å². The van der Waals surface area contributed by atoms with Crippen LogP contribution < -0.4 is 37.9 Å². The molecule has 352 valence electrons. The van der Waals surface area contributed by atoms with Crippen molar-refractivity contribution in [1.29, 1.82) is 0 Å². The maximum atomic E-state index is 14.8. The van der Waals surface area contributed by atoms with Crippen LogP contribution in [0.3, 0.4) is 0 Å². The van der Waals surface area contributed by atoms with Crippen LogP contribution >= 0.6 is 0 Å². The molecule has 0 saturated heterocycles. The van der Waals surface area contributed by atoms with E-state index in [1.807, 2.05) is 25.1 Å². The number of aliphatic carboxylic acids is 1. The van der Waals surface area contributed by atoms with E-state index in [0.717, 1.165) is 16.0 Å². The van der Waals surface area contributed by atoms with Gasteiger partial charge in [0.1, 0.15) is 36.5 Å². The zero-order valence-corrected chi connectivity index (χ0v) is 39.1. The van der Waals surface area contributed by atoms with Crippen molar-refractivity contribution < 1.29 is 38.2 Å². The lowest BCUT2D eigenvalue weighted by atomic mass is 9.86. The van der Waals surface area contributed by atoms with Gasteiger partial charge in [-0.05, 0) is 99.0 Å². The van der Waals surface area contributed by atoms with Crippen molar-refractivity contribution in [2.45, 2.75) is 104 Å². The highest BCUT2D eigenvalue weighted by Crippen LogP contribution is 2.39. The van der Waals surface area contributed by atoms with Gasteiger partial charge in [-0.15, -0.1) is 0 Å². The number of amides is 4. The van der Waals surface area contributed by atoms with Crippen LogP contribution in [-0.4, -0.2) is 95.2 Å². The predicted molar refractivity (Wildman–Crippen MR) is 254 cm³/mol. The summed E-state index contributed by atoms with van der Waals surface area (Å²) >= 11 is 0. The van der Waals surface area contributed by atoms with Crippen LogP contribution in [-0.2, 0) is 35.8 Å². The number of allylic oxidation sites excluding steroid dienone is 2. The molecule has 17 nitrogen and oxygen atoms in total. The van der Waals surface area contributed by atoms with Crippen LogP contribution in [0.4, 0.5) is 0 Å². The van der Waals surface area contributed by atoms with Gasteiger partial charge in [0.25, 0.3) is 5.91 Å². The minimum atomic E-state index is -1.51. The zero-order chi connectivity index (χ0) is 48.6. The van der Waals surface area contributed by atoms with Gasteiger partial charge in [-0.3, -0.25) is 29.2 Å². The molecule has 66 heavy (non-hydrogen) atoms. The summed E-state index contributed by atoms with van der Waals surface area (Å²) in [5, 5.41) is 18.1. The average molecular weight is 907 g/mol. The third-order valence-electron chi connectivity index (χ3n) is 11.2. The Labute approximate surface area is 384 Å². The summed E-state index contributed by atoms with van der Waals surface area (Å²) in [5.41, 5.74) is 17.3. The number of hydrogen-bond donors (Lipinski definition) is 7. The van der Waals surface area contributed by atoms with Gasteiger partial charge in [-0.1, -0.05) is 69.7 Å². The first kappa shape index (κ1) is 50.2. The maximum absolute atomic E-state index is 14.8. The molecule has 0 radical (unpaired) electrons.